The van der Waals surface area contributed by atoms with Crippen molar-refractivity contribution in [2.24, 2.45) is 0 Å². The monoisotopic (exact) mass is 165 g/mol. The van der Waals surface area contributed by atoms with Gasteiger partial charge in [0.15, 0.2) is 0 Å². The molecule has 0 N–H and O–H groups in total. The summed E-state index contributed by atoms with van der Waals surface area (Å²) in [6.45, 7) is 0. The lowest BCUT2D eigenvalue weighted by molar-refractivity contribution is 1.13. The highest BCUT2D eigenvalue weighted by atomic mass is 15.1. The molecule has 0 spiro atoms. The summed E-state index contributed by atoms with van der Waals surface area (Å²) in [5.74, 6) is 0. The molecule has 0 aromatic heterocycles. The Morgan fingerprint density at radius 1 is 0.769 bits per heavy atom. The fraction of sp³-hybridized carbons (Fsp3) is 0.250. The Labute approximate surface area is 89.2 Å². The van der Waals surface area contributed by atoms with Gasteiger partial charge >= 0.3 is 0 Å². The van der Waals surface area contributed by atoms with E-state index < -0.39 is 0 Å². The van der Waals surface area contributed by atoms with E-state index in [1.165, 1.54) is 5.69 Å². The van der Waals surface area contributed by atoms with Crippen molar-refractivity contribution in [2.45, 2.75) is 0 Å². The fourth-order valence-corrected chi connectivity index (χ4v) is 0.726. The molecule has 0 aliphatic heterocycles. The number of para-hydroxylation sites is 1. The van der Waals surface area contributed by atoms with Crippen LogP contribution in [0.1, 0.15) is 0 Å². The molecule has 0 atom stereocenters. The Morgan fingerprint density at radius 2 is 1.15 bits per heavy atom. The highest BCUT2D eigenvalue weighted by Gasteiger charge is 1.87. The molecule has 60 valence electrons. The number of rotatable bonds is 1. The molecule has 1 aromatic rings. The van der Waals surface area contributed by atoms with Crippen LogP contribution in [0.3, 0.4) is 0 Å². The molecule has 0 unspecified atom stereocenters. The lowest BCUT2D eigenvalue weighted by Crippen LogP contribution is -2.07. The van der Waals surface area contributed by atoms with Gasteiger partial charge in [0.1, 0.15) is 0 Å². The minimum Gasteiger partial charge on any atom is -0.378 e. The fourth-order valence-electron chi connectivity index (χ4n) is 0.726. The van der Waals surface area contributed by atoms with Gasteiger partial charge in [-0.05, 0) is 12.1 Å². The van der Waals surface area contributed by atoms with Crippen LogP contribution in [0.4, 0.5) is 5.69 Å². The van der Waals surface area contributed by atoms with Gasteiger partial charge in [0, 0.05) is 53.4 Å². The van der Waals surface area contributed by atoms with Crippen LogP contribution in [-0.4, -0.2) is 47.7 Å². The topological polar surface area (TPSA) is 3.24 Å². The average Bonchev–Trinajstić information content (AvgIpc) is 1.90. The first-order valence-corrected chi connectivity index (χ1v) is 3.03. The Bertz CT molecular complexity index is 179. The van der Waals surface area contributed by atoms with Crippen LogP contribution in [0.25, 0.3) is 0 Å². The van der Waals surface area contributed by atoms with Crippen LogP contribution in [0, 0.1) is 0 Å². The lowest BCUT2D eigenvalue weighted by Gasteiger charge is -2.10. The zero-order valence-electron chi connectivity index (χ0n) is 8.14. The molecule has 13 heavy (non-hydrogen) atoms. The summed E-state index contributed by atoms with van der Waals surface area (Å²) in [4.78, 5) is 2.08. The van der Waals surface area contributed by atoms with E-state index in [9.17, 15) is 0 Å². The highest BCUT2D eigenvalue weighted by molar-refractivity contribution is 5.76. The van der Waals surface area contributed by atoms with E-state index in [0.717, 1.165) is 0 Å². The van der Waals surface area contributed by atoms with Gasteiger partial charge in [0.25, 0.3) is 0 Å². The third-order valence-electron chi connectivity index (χ3n) is 1.27. The summed E-state index contributed by atoms with van der Waals surface area (Å²) in [5.41, 5.74) is 1.25. The molecule has 0 aliphatic rings. The third kappa shape index (κ3) is 7.63. The minimum absolute atomic E-state index is 0. The van der Waals surface area contributed by atoms with Crippen molar-refractivity contribution in [1.82, 2.24) is 0 Å². The maximum Gasteiger partial charge on any atom is 0.0360 e. The molecule has 12 radical (unpaired) electrons. The van der Waals surface area contributed by atoms with Crippen LogP contribution in [0.5, 0.6) is 0 Å². The zero-order chi connectivity index (χ0) is 6.69. The molecule has 5 heteroatoms. The molecule has 1 nitrogen and oxygen atoms in total. The summed E-state index contributed by atoms with van der Waals surface area (Å²) in [6.07, 6.45) is 0. The molecule has 0 saturated carbocycles. The Balaban J connectivity index is -0.000000101. The van der Waals surface area contributed by atoms with E-state index in [1.54, 1.807) is 0 Å². The maximum absolute atomic E-state index is 2.08. The van der Waals surface area contributed by atoms with Crippen LogP contribution < -0.4 is 4.90 Å². The minimum atomic E-state index is 0. The highest BCUT2D eigenvalue weighted by Crippen LogP contribution is 2.07. The molecule has 0 amide bonds. The standard InChI is InChI=1S/C8H11N.4B/c1-9(2)8-6-4-3-5-7-8;;;;/h3-7H,1-2H3;;;;. The normalized spacial score (nSPS) is 6.31. The van der Waals surface area contributed by atoms with Gasteiger partial charge < -0.3 is 4.90 Å². The summed E-state index contributed by atoms with van der Waals surface area (Å²) in [6, 6.07) is 10.3. The van der Waals surface area contributed by atoms with Crippen molar-refractivity contribution in [1.29, 1.82) is 0 Å². The maximum atomic E-state index is 2.08. The Kier molecular flexibility index (Phi) is 19.8. The molecule has 1 rings (SSSR count). The van der Waals surface area contributed by atoms with Gasteiger partial charge in [-0.15, -0.1) is 0 Å². The van der Waals surface area contributed by atoms with Crippen molar-refractivity contribution in [2.75, 3.05) is 19.0 Å². The molecule has 0 aliphatic carbocycles. The van der Waals surface area contributed by atoms with Crippen LogP contribution >= 0.6 is 0 Å². The quantitative estimate of drug-likeness (QED) is 0.537. The molecule has 0 fully saturated rings. The molecular formula is C8H11B4N. The van der Waals surface area contributed by atoms with E-state index in [4.69, 9.17) is 0 Å². The first-order chi connectivity index (χ1) is 4.30. The zero-order valence-corrected chi connectivity index (χ0v) is 8.14. The number of hydrogen-bond acceptors (Lipinski definition) is 1. The van der Waals surface area contributed by atoms with E-state index in [-0.39, 0.29) is 33.7 Å². The smallest absolute Gasteiger partial charge is 0.0360 e. The van der Waals surface area contributed by atoms with Crippen LogP contribution in [0.2, 0.25) is 0 Å². The predicted molar refractivity (Wildman–Crippen MR) is 63.8 cm³/mol. The van der Waals surface area contributed by atoms with Gasteiger partial charge in [-0.3, -0.25) is 0 Å². The molecule has 0 bridgehead atoms. The van der Waals surface area contributed by atoms with Gasteiger partial charge in [-0.1, -0.05) is 18.2 Å². The molecule has 0 saturated heterocycles. The molecule has 1 aromatic carbocycles. The Hall–Kier alpha value is -0.720. The lowest BCUT2D eigenvalue weighted by atomic mass is 10.3. The summed E-state index contributed by atoms with van der Waals surface area (Å²) in [5, 5.41) is 0. The Morgan fingerprint density at radius 3 is 1.38 bits per heavy atom. The van der Waals surface area contributed by atoms with E-state index in [1.807, 2.05) is 32.3 Å². The second-order valence-corrected chi connectivity index (χ2v) is 2.23. The average molecular weight is 164 g/mol. The summed E-state index contributed by atoms with van der Waals surface area (Å²) >= 11 is 0. The predicted octanol–water partition coefficient (Wildman–Crippen LogP) is 0.229. The van der Waals surface area contributed by atoms with Crippen molar-refractivity contribution in [3.05, 3.63) is 30.3 Å². The summed E-state index contributed by atoms with van der Waals surface area (Å²) < 4.78 is 0. The second kappa shape index (κ2) is 11.3. The first kappa shape index (κ1) is 22.8. The van der Waals surface area contributed by atoms with Crippen LogP contribution in [-0.2, 0) is 0 Å². The van der Waals surface area contributed by atoms with Gasteiger partial charge in [0.2, 0.25) is 0 Å². The van der Waals surface area contributed by atoms with Crippen molar-refractivity contribution >= 4 is 39.3 Å². The summed E-state index contributed by atoms with van der Waals surface area (Å²) in [7, 11) is 4.07. The first-order valence-electron chi connectivity index (χ1n) is 3.03. The van der Waals surface area contributed by atoms with E-state index in [2.05, 4.69) is 17.0 Å². The second-order valence-electron chi connectivity index (χ2n) is 2.23. The van der Waals surface area contributed by atoms with Crippen molar-refractivity contribution < 1.29 is 0 Å². The van der Waals surface area contributed by atoms with E-state index in [0.29, 0.717) is 0 Å². The van der Waals surface area contributed by atoms with Gasteiger partial charge in [0.05, 0.1) is 0 Å². The number of hydrogen-bond donors (Lipinski definition) is 0. The number of nitrogens with zero attached hydrogens (tertiary/aromatic N) is 1. The number of benzene rings is 1. The molecule has 0 heterocycles. The SMILES string of the molecule is CN(C)c1ccccc1.[B].[B].[B].[B]. The van der Waals surface area contributed by atoms with E-state index >= 15 is 0 Å². The largest absolute Gasteiger partial charge is 0.378 e. The van der Waals surface area contributed by atoms with Gasteiger partial charge in [-0.25, -0.2) is 0 Å². The molecular weight excluding hydrogens is 153 g/mol. The van der Waals surface area contributed by atoms with Crippen molar-refractivity contribution in [3.63, 3.8) is 0 Å². The third-order valence-corrected chi connectivity index (χ3v) is 1.27. The van der Waals surface area contributed by atoms with Crippen LogP contribution in [0.15, 0.2) is 30.3 Å². The van der Waals surface area contributed by atoms with Gasteiger partial charge in [-0.2, -0.15) is 0 Å². The number of anilines is 1. The van der Waals surface area contributed by atoms with Crippen molar-refractivity contribution in [3.8, 4) is 0 Å².